The molecular weight excluding hydrogens is 588 g/mol. The van der Waals surface area contributed by atoms with Crippen LogP contribution in [0.5, 0.6) is 0 Å². The number of nitrogens with zero attached hydrogens (tertiary/aromatic N) is 1. The van der Waals surface area contributed by atoms with Gasteiger partial charge in [-0.1, -0.05) is 24.3 Å². The first-order valence-electron chi connectivity index (χ1n) is 14.5. The van der Waals surface area contributed by atoms with Gasteiger partial charge >= 0.3 is 0 Å². The first kappa shape index (κ1) is 31.5. The molecular formula is C36H34N2O6S. The average Bonchev–Trinajstić information content (AvgIpc) is 3.23. The SMILES string of the molecule is CNC(=O)c1ccc(S(=O)(=O)c2ccc3c(c2)C(=O)N(c2c(C)cc(Cc4cc(C)c(C)c(C)c4)cc2C)C3=O)cc1C(C)=O. The lowest BCUT2D eigenvalue weighted by atomic mass is 9.94. The van der Waals surface area contributed by atoms with E-state index < -0.39 is 33.3 Å². The van der Waals surface area contributed by atoms with E-state index in [2.05, 4.69) is 38.2 Å². The second kappa shape index (κ2) is 11.6. The lowest BCUT2D eigenvalue weighted by Gasteiger charge is -2.21. The van der Waals surface area contributed by atoms with Gasteiger partial charge in [-0.15, -0.1) is 0 Å². The van der Waals surface area contributed by atoms with Crippen molar-refractivity contribution in [2.45, 2.75) is 57.8 Å². The molecule has 0 aromatic heterocycles. The number of nitrogens with one attached hydrogen (secondary N) is 1. The number of carbonyl (C=O) groups excluding carboxylic acids is 4. The fourth-order valence-electron chi connectivity index (χ4n) is 6.00. The minimum Gasteiger partial charge on any atom is -0.355 e. The third-order valence-electron chi connectivity index (χ3n) is 8.49. The molecule has 0 fully saturated rings. The normalized spacial score (nSPS) is 12.8. The van der Waals surface area contributed by atoms with Gasteiger partial charge in [0.05, 0.1) is 32.2 Å². The van der Waals surface area contributed by atoms with Gasteiger partial charge in [0.15, 0.2) is 5.78 Å². The summed E-state index contributed by atoms with van der Waals surface area (Å²) in [6, 6.07) is 15.8. The number of imide groups is 1. The Morgan fingerprint density at radius 2 is 1.20 bits per heavy atom. The maximum atomic E-state index is 13.7. The largest absolute Gasteiger partial charge is 0.355 e. The summed E-state index contributed by atoms with van der Waals surface area (Å²) in [6.45, 7) is 11.2. The van der Waals surface area contributed by atoms with Gasteiger partial charge in [0, 0.05) is 12.6 Å². The molecule has 45 heavy (non-hydrogen) atoms. The number of benzene rings is 4. The number of anilines is 1. The van der Waals surface area contributed by atoms with Crippen LogP contribution >= 0.6 is 0 Å². The Hall–Kier alpha value is -4.89. The van der Waals surface area contributed by atoms with Crippen molar-refractivity contribution in [3.05, 3.63) is 122 Å². The summed E-state index contributed by atoms with van der Waals surface area (Å²) < 4.78 is 27.3. The highest BCUT2D eigenvalue weighted by molar-refractivity contribution is 7.91. The second-order valence-electron chi connectivity index (χ2n) is 11.6. The molecule has 1 aliphatic heterocycles. The highest BCUT2D eigenvalue weighted by Gasteiger charge is 2.39. The number of amides is 3. The molecule has 4 aromatic rings. The zero-order chi connectivity index (χ0) is 33.0. The maximum absolute atomic E-state index is 13.7. The van der Waals surface area contributed by atoms with E-state index in [0.29, 0.717) is 12.1 Å². The summed E-state index contributed by atoms with van der Waals surface area (Å²) in [4.78, 5) is 52.4. The third kappa shape index (κ3) is 5.48. The molecule has 0 radical (unpaired) electrons. The standard InChI is InChI=1S/C36H34N2O6S/c1-19-12-25(13-20(2)23(19)5)16-26-14-21(3)33(22(4)15-26)38-35(41)30-11-9-28(18-32(30)36(38)42)45(43,44)27-8-10-29(34(40)37-7)31(17-27)24(6)39/h8-15,17-18H,16H2,1-7H3,(H,37,40). The van der Waals surface area contributed by atoms with Crippen molar-refractivity contribution >= 4 is 39.0 Å². The van der Waals surface area contributed by atoms with Crippen molar-refractivity contribution in [3.63, 3.8) is 0 Å². The van der Waals surface area contributed by atoms with Crippen molar-refractivity contribution in [2.24, 2.45) is 0 Å². The first-order valence-corrected chi connectivity index (χ1v) is 16.0. The van der Waals surface area contributed by atoms with Crippen LogP contribution < -0.4 is 10.2 Å². The Morgan fingerprint density at radius 3 is 1.76 bits per heavy atom. The molecule has 5 rings (SSSR count). The van der Waals surface area contributed by atoms with Crippen LogP contribution in [0.25, 0.3) is 0 Å². The molecule has 0 spiro atoms. The molecule has 230 valence electrons. The summed E-state index contributed by atoms with van der Waals surface area (Å²) in [7, 11) is -2.81. The molecule has 0 unspecified atom stereocenters. The van der Waals surface area contributed by atoms with Crippen molar-refractivity contribution in [3.8, 4) is 0 Å². The van der Waals surface area contributed by atoms with Gasteiger partial charge < -0.3 is 5.32 Å². The average molecular weight is 623 g/mol. The molecule has 0 saturated carbocycles. The van der Waals surface area contributed by atoms with Gasteiger partial charge in [-0.05, 0) is 123 Å². The molecule has 3 amide bonds. The fraction of sp³-hybridized carbons (Fsp3) is 0.222. The van der Waals surface area contributed by atoms with Crippen molar-refractivity contribution in [2.75, 3.05) is 11.9 Å². The molecule has 0 bridgehead atoms. The number of hydrogen-bond donors (Lipinski definition) is 1. The minimum absolute atomic E-state index is 0.0247. The van der Waals surface area contributed by atoms with Crippen molar-refractivity contribution in [1.82, 2.24) is 5.32 Å². The lowest BCUT2D eigenvalue weighted by Crippen LogP contribution is -2.30. The maximum Gasteiger partial charge on any atom is 0.266 e. The Bertz CT molecular complexity index is 2030. The molecule has 1 N–H and O–H groups in total. The summed E-state index contributed by atoms with van der Waals surface area (Å²) >= 11 is 0. The van der Waals surface area contributed by atoms with Crippen LogP contribution in [0.2, 0.25) is 0 Å². The van der Waals surface area contributed by atoms with Crippen LogP contribution in [0.4, 0.5) is 5.69 Å². The van der Waals surface area contributed by atoms with Gasteiger partial charge in [0.1, 0.15) is 0 Å². The van der Waals surface area contributed by atoms with Crippen LogP contribution in [-0.2, 0) is 16.3 Å². The Balaban J connectivity index is 1.49. The smallest absolute Gasteiger partial charge is 0.266 e. The van der Waals surface area contributed by atoms with Crippen LogP contribution in [0.1, 0.15) is 87.3 Å². The number of fused-ring (bicyclic) bond motifs is 1. The van der Waals surface area contributed by atoms with Gasteiger partial charge in [0.2, 0.25) is 9.84 Å². The Kier molecular flexibility index (Phi) is 8.10. The predicted octanol–water partition coefficient (Wildman–Crippen LogP) is 6.02. The van der Waals surface area contributed by atoms with Gasteiger partial charge in [-0.25, -0.2) is 13.3 Å². The van der Waals surface area contributed by atoms with Gasteiger partial charge in [-0.3, -0.25) is 19.2 Å². The van der Waals surface area contributed by atoms with Crippen LogP contribution in [0, 0.1) is 34.6 Å². The number of Topliss-reactive ketones (excluding diaryl/α,β-unsaturated/α-hetero) is 1. The van der Waals surface area contributed by atoms with Crippen molar-refractivity contribution < 1.29 is 27.6 Å². The van der Waals surface area contributed by atoms with Gasteiger partial charge in [-0.2, -0.15) is 0 Å². The summed E-state index contributed by atoms with van der Waals surface area (Å²) in [6.07, 6.45) is 0.697. The second-order valence-corrected chi connectivity index (χ2v) is 13.6. The van der Waals surface area contributed by atoms with Crippen LogP contribution in [-0.4, -0.2) is 39.0 Å². The number of aryl methyl sites for hydroxylation is 4. The van der Waals surface area contributed by atoms with Crippen molar-refractivity contribution in [1.29, 1.82) is 0 Å². The summed E-state index contributed by atoms with van der Waals surface area (Å²) in [5.41, 5.74) is 8.00. The van der Waals surface area contributed by atoms with E-state index in [1.54, 1.807) is 0 Å². The Morgan fingerprint density at radius 1 is 0.689 bits per heavy atom. The summed E-state index contributed by atoms with van der Waals surface area (Å²) in [5.74, 6) is -2.15. The van der Waals surface area contributed by atoms with E-state index in [1.807, 2.05) is 26.0 Å². The monoisotopic (exact) mass is 622 g/mol. The zero-order valence-corrected chi connectivity index (χ0v) is 27.1. The van der Waals surface area contributed by atoms with E-state index in [9.17, 15) is 27.6 Å². The van der Waals surface area contributed by atoms with E-state index in [0.717, 1.165) is 27.7 Å². The topological polar surface area (TPSA) is 118 Å². The number of ketones is 1. The molecule has 9 heteroatoms. The molecule has 1 aliphatic rings. The number of sulfone groups is 1. The van der Waals surface area contributed by atoms with Crippen LogP contribution in [0.15, 0.2) is 70.5 Å². The zero-order valence-electron chi connectivity index (χ0n) is 26.3. The van der Waals surface area contributed by atoms with Crippen LogP contribution in [0.3, 0.4) is 0 Å². The first-order chi connectivity index (χ1) is 21.1. The summed E-state index contributed by atoms with van der Waals surface area (Å²) in [5, 5.41) is 2.43. The molecule has 4 aromatic carbocycles. The predicted molar refractivity (Wildman–Crippen MR) is 172 cm³/mol. The van der Waals surface area contributed by atoms with E-state index in [1.165, 1.54) is 66.6 Å². The molecule has 1 heterocycles. The molecule has 8 nitrogen and oxygen atoms in total. The third-order valence-corrected chi connectivity index (χ3v) is 10.2. The van der Waals surface area contributed by atoms with E-state index in [-0.39, 0.29) is 32.0 Å². The lowest BCUT2D eigenvalue weighted by molar-refractivity contribution is 0.0922. The highest BCUT2D eigenvalue weighted by Crippen LogP contribution is 2.36. The molecule has 0 aliphatic carbocycles. The van der Waals surface area contributed by atoms with Gasteiger partial charge in [0.25, 0.3) is 17.7 Å². The Labute approximate surface area is 263 Å². The number of hydrogen-bond acceptors (Lipinski definition) is 6. The molecule has 0 saturated heterocycles. The minimum atomic E-state index is -4.22. The fourth-order valence-corrected chi connectivity index (χ4v) is 7.32. The van der Waals surface area contributed by atoms with E-state index in [4.69, 9.17) is 0 Å². The number of carbonyl (C=O) groups is 4. The van der Waals surface area contributed by atoms with E-state index >= 15 is 0 Å². The number of rotatable bonds is 7. The molecule has 0 atom stereocenters. The highest BCUT2D eigenvalue weighted by atomic mass is 32.2. The quantitative estimate of drug-likeness (QED) is 0.199.